The van der Waals surface area contributed by atoms with Crippen LogP contribution in [0.15, 0.2) is 54.6 Å². The number of para-hydroxylation sites is 1. The molecule has 0 saturated heterocycles. The third-order valence-electron chi connectivity index (χ3n) is 5.49. The second-order valence-corrected chi connectivity index (χ2v) is 8.00. The Morgan fingerprint density at radius 3 is 2.53 bits per heavy atom. The van der Waals surface area contributed by atoms with Gasteiger partial charge in [-0.15, -0.1) is 0 Å². The summed E-state index contributed by atoms with van der Waals surface area (Å²) in [6, 6.07) is 17.4. The number of aryl methyl sites for hydroxylation is 1. The molecule has 0 heterocycles. The van der Waals surface area contributed by atoms with Crippen LogP contribution >= 0.6 is 0 Å². The monoisotopic (exact) mass is 410 g/mol. The Kier molecular flexibility index (Phi) is 7.85. The molecule has 160 valence electrons. The predicted molar refractivity (Wildman–Crippen MR) is 117 cm³/mol. The number of hydrogen-bond acceptors (Lipinski definition) is 3. The molecule has 1 saturated carbocycles. The van der Waals surface area contributed by atoms with E-state index >= 15 is 0 Å². The van der Waals surface area contributed by atoms with Gasteiger partial charge in [0.2, 0.25) is 0 Å². The Labute approximate surface area is 177 Å². The van der Waals surface area contributed by atoms with Gasteiger partial charge in [-0.3, -0.25) is 4.90 Å². The van der Waals surface area contributed by atoms with Gasteiger partial charge in [-0.05, 0) is 67.9 Å². The van der Waals surface area contributed by atoms with Gasteiger partial charge in [-0.1, -0.05) is 36.8 Å². The lowest BCUT2D eigenvalue weighted by Gasteiger charge is -2.30. The second kappa shape index (κ2) is 10.8. The SMILES string of the molecule is Cc1cccc(N(C(=O)NCC2CCCC(COCC(=O)O)C2)c2ccccc2)c1. The molecular formula is C24H30N2O4. The van der Waals surface area contributed by atoms with E-state index in [0.29, 0.717) is 25.0 Å². The van der Waals surface area contributed by atoms with Gasteiger partial charge in [0.25, 0.3) is 0 Å². The Bertz CT molecular complexity index is 840. The molecule has 2 aromatic carbocycles. The zero-order chi connectivity index (χ0) is 21.3. The summed E-state index contributed by atoms with van der Waals surface area (Å²) in [4.78, 5) is 25.5. The van der Waals surface area contributed by atoms with Crippen LogP contribution in [0, 0.1) is 18.8 Å². The minimum atomic E-state index is -0.938. The number of carbonyl (C=O) groups excluding carboxylic acids is 1. The predicted octanol–water partition coefficient (Wildman–Crippen LogP) is 4.75. The molecule has 1 aliphatic rings. The summed E-state index contributed by atoms with van der Waals surface area (Å²) >= 11 is 0. The summed E-state index contributed by atoms with van der Waals surface area (Å²) in [6.45, 7) is 2.83. The fourth-order valence-corrected chi connectivity index (χ4v) is 4.09. The average molecular weight is 411 g/mol. The van der Waals surface area contributed by atoms with E-state index in [2.05, 4.69) is 5.32 Å². The summed E-state index contributed by atoms with van der Waals surface area (Å²) in [6.07, 6.45) is 4.12. The normalized spacial score (nSPS) is 18.6. The van der Waals surface area contributed by atoms with Crippen LogP contribution in [0.2, 0.25) is 0 Å². The van der Waals surface area contributed by atoms with Crippen molar-refractivity contribution in [1.82, 2.24) is 5.32 Å². The number of urea groups is 1. The van der Waals surface area contributed by atoms with Gasteiger partial charge in [0, 0.05) is 6.54 Å². The van der Waals surface area contributed by atoms with E-state index in [1.807, 2.05) is 61.5 Å². The summed E-state index contributed by atoms with van der Waals surface area (Å²) in [7, 11) is 0. The number of carbonyl (C=O) groups is 2. The van der Waals surface area contributed by atoms with Gasteiger partial charge >= 0.3 is 12.0 Å². The minimum Gasteiger partial charge on any atom is -0.480 e. The van der Waals surface area contributed by atoms with Crippen LogP contribution < -0.4 is 10.2 Å². The molecule has 0 aromatic heterocycles. The van der Waals surface area contributed by atoms with Crippen molar-refractivity contribution < 1.29 is 19.4 Å². The molecule has 2 N–H and O–H groups in total. The third-order valence-corrected chi connectivity index (χ3v) is 5.49. The summed E-state index contributed by atoms with van der Waals surface area (Å²) in [5, 5.41) is 11.8. The van der Waals surface area contributed by atoms with Crippen LogP contribution in [0.25, 0.3) is 0 Å². The molecule has 2 atom stereocenters. The molecule has 30 heavy (non-hydrogen) atoms. The fourth-order valence-electron chi connectivity index (χ4n) is 4.09. The molecule has 2 aromatic rings. The van der Waals surface area contributed by atoms with E-state index < -0.39 is 5.97 Å². The molecular weight excluding hydrogens is 380 g/mol. The molecule has 1 aliphatic carbocycles. The smallest absolute Gasteiger partial charge is 0.329 e. The maximum atomic E-state index is 13.2. The van der Waals surface area contributed by atoms with E-state index in [1.165, 1.54) is 0 Å². The number of carboxylic acids is 1. The average Bonchev–Trinajstić information content (AvgIpc) is 2.73. The maximum Gasteiger partial charge on any atom is 0.329 e. The van der Waals surface area contributed by atoms with Gasteiger partial charge < -0.3 is 15.2 Å². The number of carboxylic acid groups (broad SMARTS) is 1. The number of ether oxygens (including phenoxy) is 1. The van der Waals surface area contributed by atoms with Crippen LogP contribution in [0.1, 0.15) is 31.2 Å². The molecule has 3 rings (SSSR count). The lowest BCUT2D eigenvalue weighted by molar-refractivity contribution is -0.142. The molecule has 2 amide bonds. The van der Waals surface area contributed by atoms with Crippen molar-refractivity contribution in [3.63, 3.8) is 0 Å². The molecule has 0 bridgehead atoms. The highest BCUT2D eigenvalue weighted by atomic mass is 16.5. The van der Waals surface area contributed by atoms with Crippen molar-refractivity contribution in [1.29, 1.82) is 0 Å². The van der Waals surface area contributed by atoms with Crippen LogP contribution in [-0.4, -0.2) is 36.9 Å². The van der Waals surface area contributed by atoms with Gasteiger partial charge in [-0.25, -0.2) is 9.59 Å². The number of nitrogens with zero attached hydrogens (tertiary/aromatic N) is 1. The third kappa shape index (κ3) is 6.32. The minimum absolute atomic E-state index is 0.143. The van der Waals surface area contributed by atoms with Crippen LogP contribution in [0.3, 0.4) is 0 Å². The number of aliphatic carboxylic acids is 1. The van der Waals surface area contributed by atoms with Crippen LogP contribution in [0.4, 0.5) is 16.2 Å². The highest BCUT2D eigenvalue weighted by Crippen LogP contribution is 2.30. The van der Waals surface area contributed by atoms with E-state index in [-0.39, 0.29) is 12.6 Å². The molecule has 0 aliphatic heterocycles. The number of rotatable bonds is 8. The Morgan fingerprint density at radius 1 is 1.07 bits per heavy atom. The number of hydrogen-bond donors (Lipinski definition) is 2. The van der Waals surface area contributed by atoms with Gasteiger partial charge in [0.1, 0.15) is 6.61 Å². The lowest BCUT2D eigenvalue weighted by atomic mass is 9.82. The largest absolute Gasteiger partial charge is 0.480 e. The highest BCUT2D eigenvalue weighted by Gasteiger charge is 2.24. The molecule has 0 radical (unpaired) electrons. The number of nitrogens with one attached hydrogen (secondary N) is 1. The van der Waals surface area contributed by atoms with Crippen molar-refractivity contribution in [2.45, 2.75) is 32.6 Å². The number of benzene rings is 2. The number of amides is 2. The van der Waals surface area contributed by atoms with Crippen molar-refractivity contribution in [3.05, 3.63) is 60.2 Å². The first-order valence-corrected chi connectivity index (χ1v) is 10.5. The van der Waals surface area contributed by atoms with Crippen molar-refractivity contribution in [3.8, 4) is 0 Å². The molecule has 6 nitrogen and oxygen atoms in total. The van der Waals surface area contributed by atoms with Crippen LogP contribution in [0.5, 0.6) is 0 Å². The van der Waals surface area contributed by atoms with E-state index in [9.17, 15) is 9.59 Å². The Balaban J connectivity index is 1.61. The Hall–Kier alpha value is -2.86. The van der Waals surface area contributed by atoms with E-state index in [4.69, 9.17) is 9.84 Å². The van der Waals surface area contributed by atoms with Crippen molar-refractivity contribution in [2.24, 2.45) is 11.8 Å². The zero-order valence-corrected chi connectivity index (χ0v) is 17.4. The molecule has 0 spiro atoms. The van der Waals surface area contributed by atoms with E-state index in [1.54, 1.807) is 4.90 Å². The summed E-state index contributed by atoms with van der Waals surface area (Å²) in [5.74, 6) is -0.218. The molecule has 1 fully saturated rings. The quantitative estimate of drug-likeness (QED) is 0.658. The topological polar surface area (TPSA) is 78.9 Å². The molecule has 2 unspecified atom stereocenters. The van der Waals surface area contributed by atoms with Gasteiger partial charge in [0.15, 0.2) is 0 Å². The second-order valence-electron chi connectivity index (χ2n) is 8.00. The summed E-state index contributed by atoms with van der Waals surface area (Å²) in [5.41, 5.74) is 2.75. The van der Waals surface area contributed by atoms with E-state index in [0.717, 1.165) is 42.6 Å². The standard InChI is InChI=1S/C24H30N2O4/c1-18-7-5-12-22(13-18)26(21-10-3-2-4-11-21)24(29)25-15-19-8-6-9-20(14-19)16-30-17-23(27)28/h2-5,7,10-13,19-20H,6,8-9,14-17H2,1H3,(H,25,29)(H,27,28). The maximum absolute atomic E-state index is 13.2. The highest BCUT2D eigenvalue weighted by molar-refractivity contribution is 5.99. The lowest BCUT2D eigenvalue weighted by Crippen LogP contribution is -2.40. The van der Waals surface area contributed by atoms with Gasteiger partial charge in [-0.2, -0.15) is 0 Å². The fraction of sp³-hybridized carbons (Fsp3) is 0.417. The molecule has 6 heteroatoms. The van der Waals surface area contributed by atoms with Crippen molar-refractivity contribution >= 4 is 23.4 Å². The zero-order valence-electron chi connectivity index (χ0n) is 17.4. The summed E-state index contributed by atoms with van der Waals surface area (Å²) < 4.78 is 5.28. The first-order chi connectivity index (χ1) is 14.5. The van der Waals surface area contributed by atoms with Crippen LogP contribution in [-0.2, 0) is 9.53 Å². The van der Waals surface area contributed by atoms with Crippen molar-refractivity contribution in [2.75, 3.05) is 24.7 Å². The first-order valence-electron chi connectivity index (χ1n) is 10.5. The van der Waals surface area contributed by atoms with Gasteiger partial charge in [0.05, 0.1) is 18.0 Å². The Morgan fingerprint density at radius 2 is 1.80 bits per heavy atom. The number of anilines is 2. The first kappa shape index (κ1) is 21.8.